The van der Waals surface area contributed by atoms with Crippen LogP contribution in [0.3, 0.4) is 0 Å². The number of halogens is 2. The lowest BCUT2D eigenvalue weighted by Crippen LogP contribution is -2.26. The highest BCUT2D eigenvalue weighted by atomic mass is 35.5. The molecule has 100 valence electrons. The van der Waals surface area contributed by atoms with Gasteiger partial charge in [-0.05, 0) is 44.1 Å². The van der Waals surface area contributed by atoms with Crippen molar-refractivity contribution in [2.24, 2.45) is 0 Å². The van der Waals surface area contributed by atoms with Gasteiger partial charge in [0.2, 0.25) is 5.91 Å². The van der Waals surface area contributed by atoms with Crippen LogP contribution in [0.25, 0.3) is 0 Å². The second kappa shape index (κ2) is 8.35. The van der Waals surface area contributed by atoms with Crippen LogP contribution < -0.4 is 10.6 Å². The standard InChI is InChI=1S/C13H18Cl2N2O/c1-16-7-2-8-17-13(18)6-4-10-3-5-11(14)9-12(10)15/h3,5,9,16H,2,4,6-8H2,1H3,(H,17,18). The first-order valence-corrected chi connectivity index (χ1v) is 6.74. The first-order chi connectivity index (χ1) is 8.63. The number of carbonyl (C=O) groups is 1. The Morgan fingerprint density at radius 3 is 2.72 bits per heavy atom. The molecular formula is C13H18Cl2N2O. The highest BCUT2D eigenvalue weighted by Gasteiger charge is 2.05. The van der Waals surface area contributed by atoms with E-state index in [0.717, 1.165) is 18.5 Å². The van der Waals surface area contributed by atoms with Gasteiger partial charge in [0, 0.05) is 23.0 Å². The average Bonchev–Trinajstić information content (AvgIpc) is 2.33. The van der Waals surface area contributed by atoms with Crippen molar-refractivity contribution in [3.63, 3.8) is 0 Å². The van der Waals surface area contributed by atoms with E-state index in [1.165, 1.54) is 0 Å². The van der Waals surface area contributed by atoms with Gasteiger partial charge in [0.25, 0.3) is 0 Å². The molecule has 1 aromatic carbocycles. The van der Waals surface area contributed by atoms with Crippen molar-refractivity contribution in [3.8, 4) is 0 Å². The van der Waals surface area contributed by atoms with Crippen molar-refractivity contribution in [1.82, 2.24) is 10.6 Å². The van der Waals surface area contributed by atoms with Crippen LogP contribution in [0.15, 0.2) is 18.2 Å². The lowest BCUT2D eigenvalue weighted by Gasteiger charge is -2.06. The number of amides is 1. The molecule has 18 heavy (non-hydrogen) atoms. The Morgan fingerprint density at radius 2 is 2.06 bits per heavy atom. The summed E-state index contributed by atoms with van der Waals surface area (Å²) >= 11 is 11.8. The number of hydrogen-bond acceptors (Lipinski definition) is 2. The predicted molar refractivity (Wildman–Crippen MR) is 76.3 cm³/mol. The van der Waals surface area contributed by atoms with Crippen LogP contribution in [-0.4, -0.2) is 26.0 Å². The zero-order chi connectivity index (χ0) is 13.4. The minimum Gasteiger partial charge on any atom is -0.356 e. The minimum atomic E-state index is 0.0529. The molecule has 1 amide bonds. The Balaban J connectivity index is 2.29. The minimum absolute atomic E-state index is 0.0529. The molecule has 0 atom stereocenters. The van der Waals surface area contributed by atoms with E-state index in [9.17, 15) is 4.79 Å². The molecule has 0 aliphatic carbocycles. The smallest absolute Gasteiger partial charge is 0.220 e. The lowest BCUT2D eigenvalue weighted by atomic mass is 10.1. The van der Waals surface area contributed by atoms with Gasteiger partial charge < -0.3 is 10.6 Å². The molecular weight excluding hydrogens is 271 g/mol. The molecule has 2 N–H and O–H groups in total. The Hall–Kier alpha value is -0.770. The van der Waals surface area contributed by atoms with Gasteiger partial charge in [-0.2, -0.15) is 0 Å². The Bertz CT molecular complexity index is 397. The highest BCUT2D eigenvalue weighted by Crippen LogP contribution is 2.21. The first-order valence-electron chi connectivity index (χ1n) is 5.98. The van der Waals surface area contributed by atoms with Crippen LogP contribution in [0.1, 0.15) is 18.4 Å². The van der Waals surface area contributed by atoms with E-state index in [-0.39, 0.29) is 5.91 Å². The third-order valence-corrected chi connectivity index (χ3v) is 3.15. The molecule has 0 saturated carbocycles. The van der Waals surface area contributed by atoms with E-state index in [1.54, 1.807) is 12.1 Å². The fourth-order valence-electron chi connectivity index (χ4n) is 1.55. The van der Waals surface area contributed by atoms with Crippen molar-refractivity contribution >= 4 is 29.1 Å². The summed E-state index contributed by atoms with van der Waals surface area (Å²) in [7, 11) is 1.89. The van der Waals surface area contributed by atoms with Crippen LogP contribution in [0.5, 0.6) is 0 Å². The molecule has 0 fully saturated rings. The summed E-state index contributed by atoms with van der Waals surface area (Å²) in [6.45, 7) is 1.61. The van der Waals surface area contributed by atoms with Gasteiger partial charge >= 0.3 is 0 Å². The maximum atomic E-state index is 11.6. The lowest BCUT2D eigenvalue weighted by molar-refractivity contribution is -0.121. The van der Waals surface area contributed by atoms with Crippen molar-refractivity contribution in [1.29, 1.82) is 0 Å². The summed E-state index contributed by atoms with van der Waals surface area (Å²) in [5.41, 5.74) is 0.950. The third-order valence-electron chi connectivity index (χ3n) is 2.56. The highest BCUT2D eigenvalue weighted by molar-refractivity contribution is 6.35. The number of aryl methyl sites for hydroxylation is 1. The molecule has 3 nitrogen and oxygen atoms in total. The van der Waals surface area contributed by atoms with Gasteiger partial charge in [-0.1, -0.05) is 29.3 Å². The molecule has 0 saturated heterocycles. The Labute approximate surface area is 118 Å². The summed E-state index contributed by atoms with van der Waals surface area (Å²) in [6.07, 6.45) is 2.01. The normalized spacial score (nSPS) is 10.4. The molecule has 0 aliphatic rings. The summed E-state index contributed by atoms with van der Waals surface area (Å²) in [4.78, 5) is 11.6. The number of hydrogen-bond donors (Lipinski definition) is 2. The number of benzene rings is 1. The molecule has 0 radical (unpaired) electrons. The second-order valence-electron chi connectivity index (χ2n) is 4.04. The quantitative estimate of drug-likeness (QED) is 0.758. The van der Waals surface area contributed by atoms with Gasteiger partial charge in [0.15, 0.2) is 0 Å². The maximum absolute atomic E-state index is 11.6. The molecule has 0 unspecified atom stereocenters. The van der Waals surface area contributed by atoms with Crippen molar-refractivity contribution in [3.05, 3.63) is 33.8 Å². The summed E-state index contributed by atoms with van der Waals surface area (Å²) in [6, 6.07) is 5.34. The van der Waals surface area contributed by atoms with E-state index in [1.807, 2.05) is 13.1 Å². The van der Waals surface area contributed by atoms with Gasteiger partial charge in [-0.25, -0.2) is 0 Å². The SMILES string of the molecule is CNCCCNC(=O)CCc1ccc(Cl)cc1Cl. The van der Waals surface area contributed by atoms with E-state index in [4.69, 9.17) is 23.2 Å². The van der Waals surface area contributed by atoms with Crippen LogP contribution in [0.2, 0.25) is 10.0 Å². The monoisotopic (exact) mass is 288 g/mol. The molecule has 0 aliphatic heterocycles. The van der Waals surface area contributed by atoms with E-state index in [2.05, 4.69) is 10.6 Å². The third kappa shape index (κ3) is 5.71. The maximum Gasteiger partial charge on any atom is 0.220 e. The summed E-state index contributed by atoms with van der Waals surface area (Å²) in [5.74, 6) is 0.0529. The average molecular weight is 289 g/mol. The predicted octanol–water partition coefficient (Wildman–Crippen LogP) is 2.65. The number of carbonyl (C=O) groups excluding carboxylic acids is 1. The topological polar surface area (TPSA) is 41.1 Å². The molecule has 0 aromatic heterocycles. The van der Waals surface area contributed by atoms with Crippen LogP contribution >= 0.6 is 23.2 Å². The van der Waals surface area contributed by atoms with Gasteiger partial charge in [0.1, 0.15) is 0 Å². The van der Waals surface area contributed by atoms with Crippen molar-refractivity contribution < 1.29 is 4.79 Å². The van der Waals surface area contributed by atoms with Gasteiger partial charge in [0.05, 0.1) is 0 Å². The zero-order valence-electron chi connectivity index (χ0n) is 10.4. The van der Waals surface area contributed by atoms with Crippen molar-refractivity contribution in [2.75, 3.05) is 20.1 Å². The molecule has 1 aromatic rings. The fraction of sp³-hybridized carbons (Fsp3) is 0.462. The Kier molecular flexibility index (Phi) is 7.09. The van der Waals surface area contributed by atoms with Gasteiger partial charge in [-0.15, -0.1) is 0 Å². The van der Waals surface area contributed by atoms with Gasteiger partial charge in [-0.3, -0.25) is 4.79 Å². The van der Waals surface area contributed by atoms with Crippen LogP contribution in [-0.2, 0) is 11.2 Å². The second-order valence-corrected chi connectivity index (χ2v) is 4.89. The van der Waals surface area contributed by atoms with Crippen LogP contribution in [0.4, 0.5) is 0 Å². The van der Waals surface area contributed by atoms with Crippen LogP contribution in [0, 0.1) is 0 Å². The molecule has 5 heteroatoms. The fourth-order valence-corrected chi connectivity index (χ4v) is 2.06. The molecule has 0 spiro atoms. The van der Waals surface area contributed by atoms with E-state index >= 15 is 0 Å². The molecule has 0 bridgehead atoms. The molecule has 0 heterocycles. The number of nitrogens with one attached hydrogen (secondary N) is 2. The first kappa shape index (κ1) is 15.3. The molecule has 1 rings (SSSR count). The van der Waals surface area contributed by atoms with E-state index in [0.29, 0.717) is 29.4 Å². The largest absolute Gasteiger partial charge is 0.356 e. The Morgan fingerprint density at radius 1 is 1.28 bits per heavy atom. The van der Waals surface area contributed by atoms with E-state index < -0.39 is 0 Å². The number of rotatable bonds is 7. The zero-order valence-corrected chi connectivity index (χ0v) is 11.9. The summed E-state index contributed by atoms with van der Waals surface area (Å²) < 4.78 is 0. The summed E-state index contributed by atoms with van der Waals surface area (Å²) in [5, 5.41) is 7.13. The van der Waals surface area contributed by atoms with Crippen molar-refractivity contribution in [2.45, 2.75) is 19.3 Å².